The predicted octanol–water partition coefficient (Wildman–Crippen LogP) is 2.73. The molecule has 6 nitrogen and oxygen atoms in total. The van der Waals surface area contributed by atoms with Crippen LogP contribution in [0.3, 0.4) is 0 Å². The van der Waals surface area contributed by atoms with Gasteiger partial charge in [-0.05, 0) is 35.1 Å². The predicted molar refractivity (Wildman–Crippen MR) is 81.9 cm³/mol. The zero-order valence-corrected chi connectivity index (χ0v) is 14.2. The Morgan fingerprint density at radius 3 is 1.91 bits per heavy atom. The van der Waals surface area contributed by atoms with E-state index in [2.05, 4.69) is 0 Å². The van der Waals surface area contributed by atoms with E-state index in [9.17, 15) is 17.8 Å². The molecule has 1 aromatic rings. The summed E-state index contributed by atoms with van der Waals surface area (Å²) >= 11 is 0. The van der Waals surface area contributed by atoms with Crippen LogP contribution in [0.5, 0.6) is 5.75 Å². The largest absolute Gasteiger partial charge is 0.425 e. The molecule has 0 bridgehead atoms. The number of rotatable bonds is 6. The van der Waals surface area contributed by atoms with Crippen LogP contribution in [0.4, 0.5) is 0 Å². The molecule has 0 atom stereocenters. The van der Waals surface area contributed by atoms with Crippen LogP contribution in [0.25, 0.3) is 0 Å². The van der Waals surface area contributed by atoms with Crippen molar-refractivity contribution in [3.05, 3.63) is 23.3 Å². The van der Waals surface area contributed by atoms with Crippen LogP contribution in [0, 0.1) is 0 Å². The molecule has 124 valence electrons. The summed E-state index contributed by atoms with van der Waals surface area (Å²) in [7, 11) is -3.00. The molecule has 0 heterocycles. The number of methoxy groups -OCH3 is 1. The van der Waals surface area contributed by atoms with Gasteiger partial charge in [-0.3, -0.25) is 4.55 Å². The number of hydrogen-bond acceptors (Lipinski definition) is 5. The Balaban J connectivity index is 3.51. The fraction of sp³-hybridized carbons (Fsp3) is 0.533. The highest BCUT2D eigenvalue weighted by atomic mass is 32.2. The molecule has 0 saturated carbocycles. The monoisotopic (exact) mass is 330 g/mol. The van der Waals surface area contributed by atoms with Gasteiger partial charge in [-0.1, -0.05) is 27.7 Å². The fourth-order valence-corrected chi connectivity index (χ4v) is 3.32. The summed E-state index contributed by atoms with van der Waals surface area (Å²) in [6, 6.07) is 2.93. The molecule has 0 amide bonds. The molecule has 0 fully saturated rings. The molecular formula is C15H22O6S. The summed E-state index contributed by atoms with van der Waals surface area (Å²) in [6.07, 6.45) is 0. The minimum absolute atomic E-state index is 0.107. The van der Waals surface area contributed by atoms with Crippen molar-refractivity contribution in [1.82, 2.24) is 0 Å². The maximum atomic E-state index is 11.7. The number of hydrogen-bond donors (Lipinski definition) is 1. The highest BCUT2D eigenvalue weighted by Gasteiger charge is 2.25. The van der Waals surface area contributed by atoms with E-state index >= 15 is 0 Å². The van der Waals surface area contributed by atoms with E-state index in [-0.39, 0.29) is 29.1 Å². The molecular weight excluding hydrogens is 308 g/mol. The lowest BCUT2D eigenvalue weighted by Crippen LogP contribution is -2.16. The van der Waals surface area contributed by atoms with E-state index in [0.29, 0.717) is 11.1 Å². The summed E-state index contributed by atoms with van der Waals surface area (Å²) in [6.45, 7) is 7.00. The number of esters is 1. The Morgan fingerprint density at radius 1 is 1.14 bits per heavy atom. The minimum Gasteiger partial charge on any atom is -0.425 e. The van der Waals surface area contributed by atoms with Gasteiger partial charge in [-0.2, -0.15) is 8.42 Å². The fourth-order valence-electron chi connectivity index (χ4n) is 2.14. The highest BCUT2D eigenvalue weighted by Crippen LogP contribution is 2.35. The maximum Gasteiger partial charge on any atom is 0.337 e. The first-order chi connectivity index (χ1) is 10.1. The lowest BCUT2D eigenvalue weighted by molar-refractivity contribution is -0.138. The Kier molecular flexibility index (Phi) is 6.10. The number of carbonyl (C=O) groups excluding carboxylic acids is 1. The van der Waals surface area contributed by atoms with Crippen LogP contribution < -0.4 is 4.74 Å². The molecule has 0 radical (unpaired) electrons. The van der Waals surface area contributed by atoms with Crippen molar-refractivity contribution >= 4 is 16.1 Å². The normalized spacial score (nSPS) is 12.0. The van der Waals surface area contributed by atoms with E-state index in [0.717, 1.165) is 0 Å². The van der Waals surface area contributed by atoms with Crippen molar-refractivity contribution in [2.75, 3.05) is 13.7 Å². The second kappa shape index (κ2) is 7.21. The Morgan fingerprint density at radius 2 is 1.59 bits per heavy atom. The van der Waals surface area contributed by atoms with Crippen LogP contribution in [0.1, 0.15) is 50.7 Å². The molecule has 22 heavy (non-hydrogen) atoms. The summed E-state index contributed by atoms with van der Waals surface area (Å²) in [4.78, 5) is 11.4. The van der Waals surface area contributed by atoms with Gasteiger partial charge in [0.1, 0.15) is 17.3 Å². The minimum atomic E-state index is -4.37. The standard InChI is InChI=1S/C15H22O6S/c1-9(2)12-6-11(21-14(16)8-20-5)7-13(10(3)4)15(12)22(17,18)19/h6-7,9-10H,8H2,1-5H3,(H,17,18,19). The van der Waals surface area contributed by atoms with Crippen LogP contribution in [0.2, 0.25) is 0 Å². The molecule has 0 unspecified atom stereocenters. The Bertz CT molecular complexity index is 617. The van der Waals surface area contributed by atoms with E-state index in [1.54, 1.807) is 27.7 Å². The molecule has 7 heteroatoms. The van der Waals surface area contributed by atoms with Crippen molar-refractivity contribution in [1.29, 1.82) is 0 Å². The summed E-state index contributed by atoms with van der Waals surface area (Å²) < 4.78 is 42.9. The molecule has 0 aromatic heterocycles. The van der Waals surface area contributed by atoms with Crippen molar-refractivity contribution in [3.63, 3.8) is 0 Å². The van der Waals surface area contributed by atoms with Gasteiger partial charge in [0, 0.05) is 7.11 Å². The molecule has 0 aliphatic heterocycles. The van der Waals surface area contributed by atoms with Crippen molar-refractivity contribution in [2.45, 2.75) is 44.4 Å². The van der Waals surface area contributed by atoms with Gasteiger partial charge in [-0.15, -0.1) is 0 Å². The second-order valence-corrected chi connectivity index (χ2v) is 6.98. The molecule has 0 aliphatic carbocycles. The third kappa shape index (κ3) is 4.53. The van der Waals surface area contributed by atoms with E-state index in [1.807, 2.05) is 0 Å². The zero-order chi connectivity index (χ0) is 17.1. The van der Waals surface area contributed by atoms with Crippen LogP contribution in [0.15, 0.2) is 17.0 Å². The van der Waals surface area contributed by atoms with Gasteiger partial charge in [0.05, 0.1) is 0 Å². The van der Waals surface area contributed by atoms with E-state index in [1.165, 1.54) is 19.2 Å². The molecule has 0 spiro atoms. The lowest BCUT2D eigenvalue weighted by Gasteiger charge is -2.19. The third-order valence-corrected chi connectivity index (χ3v) is 4.10. The molecule has 1 rings (SSSR count). The number of benzene rings is 1. The first-order valence-corrected chi connectivity index (χ1v) is 8.36. The molecule has 1 N–H and O–H groups in total. The average molecular weight is 330 g/mol. The van der Waals surface area contributed by atoms with E-state index < -0.39 is 16.1 Å². The van der Waals surface area contributed by atoms with Crippen LogP contribution in [-0.2, 0) is 19.6 Å². The molecule has 0 aliphatic rings. The van der Waals surface area contributed by atoms with Crippen LogP contribution in [-0.4, -0.2) is 32.7 Å². The van der Waals surface area contributed by atoms with Crippen molar-refractivity contribution < 1.29 is 27.2 Å². The van der Waals surface area contributed by atoms with Crippen molar-refractivity contribution in [3.8, 4) is 5.75 Å². The van der Waals surface area contributed by atoms with Gasteiger partial charge in [0.2, 0.25) is 0 Å². The molecule has 0 saturated heterocycles. The van der Waals surface area contributed by atoms with Crippen molar-refractivity contribution in [2.24, 2.45) is 0 Å². The summed E-state index contributed by atoms with van der Waals surface area (Å²) in [5.41, 5.74) is 0.822. The smallest absolute Gasteiger partial charge is 0.337 e. The van der Waals surface area contributed by atoms with Gasteiger partial charge in [-0.25, -0.2) is 4.79 Å². The topological polar surface area (TPSA) is 89.9 Å². The van der Waals surface area contributed by atoms with Gasteiger partial charge in [0.25, 0.3) is 10.1 Å². The first kappa shape index (κ1) is 18.6. The Labute approximate surface area is 131 Å². The third-order valence-electron chi connectivity index (χ3n) is 3.12. The van der Waals surface area contributed by atoms with Gasteiger partial charge in [0.15, 0.2) is 0 Å². The average Bonchev–Trinajstić information content (AvgIpc) is 2.36. The highest BCUT2D eigenvalue weighted by molar-refractivity contribution is 7.86. The first-order valence-electron chi connectivity index (χ1n) is 6.92. The SMILES string of the molecule is COCC(=O)Oc1cc(C(C)C)c(S(=O)(=O)O)c(C(C)C)c1. The van der Waals surface area contributed by atoms with Crippen LogP contribution >= 0.6 is 0 Å². The summed E-state index contributed by atoms with van der Waals surface area (Å²) in [5, 5.41) is 0. The quantitative estimate of drug-likeness (QED) is 0.490. The summed E-state index contributed by atoms with van der Waals surface area (Å²) in [5.74, 6) is -0.681. The zero-order valence-electron chi connectivity index (χ0n) is 13.4. The number of carbonyl (C=O) groups is 1. The second-order valence-electron chi connectivity index (χ2n) is 5.62. The van der Waals surface area contributed by atoms with Gasteiger partial charge >= 0.3 is 5.97 Å². The Hall–Kier alpha value is -1.44. The van der Waals surface area contributed by atoms with E-state index in [4.69, 9.17) is 9.47 Å². The molecule has 1 aromatic carbocycles. The maximum absolute atomic E-state index is 11.7. The van der Waals surface area contributed by atoms with Gasteiger partial charge < -0.3 is 9.47 Å². The number of ether oxygens (including phenoxy) is 2. The lowest BCUT2D eigenvalue weighted by atomic mass is 9.95.